The van der Waals surface area contributed by atoms with E-state index in [1.54, 1.807) is 11.6 Å². The summed E-state index contributed by atoms with van der Waals surface area (Å²) >= 11 is 3.47. The van der Waals surface area contributed by atoms with Crippen LogP contribution in [-0.2, 0) is 6.54 Å². The summed E-state index contributed by atoms with van der Waals surface area (Å²) < 4.78 is 2.65. The van der Waals surface area contributed by atoms with Crippen molar-refractivity contribution in [2.45, 2.75) is 13.5 Å². The summed E-state index contributed by atoms with van der Waals surface area (Å²) in [6, 6.07) is 9.93. The predicted molar refractivity (Wildman–Crippen MR) is 69.3 cm³/mol. The summed E-state index contributed by atoms with van der Waals surface area (Å²) in [5.74, 6) is 0.417. The van der Waals surface area contributed by atoms with Crippen LogP contribution in [0.1, 0.15) is 16.8 Å². The van der Waals surface area contributed by atoms with Crippen molar-refractivity contribution in [1.82, 2.24) is 9.78 Å². The van der Waals surface area contributed by atoms with Crippen LogP contribution in [0.5, 0.6) is 0 Å². The number of rotatable bonds is 2. The minimum Gasteiger partial charge on any atom is -0.383 e. The molecule has 0 aliphatic carbocycles. The maximum Gasteiger partial charge on any atom is 0.140 e. The summed E-state index contributed by atoms with van der Waals surface area (Å²) in [4.78, 5) is 0. The van der Waals surface area contributed by atoms with E-state index >= 15 is 0 Å². The van der Waals surface area contributed by atoms with Crippen molar-refractivity contribution < 1.29 is 0 Å². The van der Waals surface area contributed by atoms with Gasteiger partial charge in [0.05, 0.1) is 12.2 Å². The molecular weight excluding hydrogens is 280 g/mol. The fourth-order valence-corrected chi connectivity index (χ4v) is 2.06. The summed E-state index contributed by atoms with van der Waals surface area (Å²) in [7, 11) is 0. The number of nitrogens with zero attached hydrogens (tertiary/aromatic N) is 3. The van der Waals surface area contributed by atoms with E-state index in [1.807, 2.05) is 24.3 Å². The van der Waals surface area contributed by atoms with Crippen LogP contribution >= 0.6 is 15.9 Å². The molecule has 17 heavy (non-hydrogen) atoms. The first-order chi connectivity index (χ1) is 8.13. The molecule has 0 aliphatic rings. The minimum atomic E-state index is 0.417. The summed E-state index contributed by atoms with van der Waals surface area (Å²) in [6.45, 7) is 2.33. The first-order valence-corrected chi connectivity index (χ1v) is 5.89. The van der Waals surface area contributed by atoms with Crippen molar-refractivity contribution in [3.05, 3.63) is 45.6 Å². The number of hydrogen-bond donors (Lipinski definition) is 1. The lowest BCUT2D eigenvalue weighted by Gasteiger charge is -2.06. The molecule has 0 bridgehead atoms. The van der Waals surface area contributed by atoms with Crippen LogP contribution in [0.4, 0.5) is 5.82 Å². The van der Waals surface area contributed by atoms with E-state index in [-0.39, 0.29) is 0 Å². The largest absolute Gasteiger partial charge is 0.383 e. The van der Waals surface area contributed by atoms with Gasteiger partial charge in [0.1, 0.15) is 17.5 Å². The number of halogens is 1. The molecule has 86 valence electrons. The normalized spacial score (nSPS) is 10.2. The van der Waals surface area contributed by atoms with Gasteiger partial charge in [-0.3, -0.25) is 0 Å². The van der Waals surface area contributed by atoms with Crippen molar-refractivity contribution in [2.75, 3.05) is 5.73 Å². The average molecular weight is 291 g/mol. The van der Waals surface area contributed by atoms with Gasteiger partial charge in [0, 0.05) is 4.47 Å². The number of aryl methyl sites for hydroxylation is 1. The number of anilines is 1. The lowest BCUT2D eigenvalue weighted by Crippen LogP contribution is -2.06. The Labute approximate surface area is 108 Å². The van der Waals surface area contributed by atoms with Crippen LogP contribution in [0.25, 0.3) is 0 Å². The van der Waals surface area contributed by atoms with E-state index in [4.69, 9.17) is 11.0 Å². The minimum absolute atomic E-state index is 0.417. The first kappa shape index (κ1) is 11.7. The SMILES string of the molecule is Cc1nn(Cc2ccccc2Br)c(N)c1C#N. The van der Waals surface area contributed by atoms with Gasteiger partial charge in [0.25, 0.3) is 0 Å². The number of hydrogen-bond acceptors (Lipinski definition) is 3. The van der Waals surface area contributed by atoms with Crippen LogP contribution in [0, 0.1) is 18.3 Å². The number of benzene rings is 1. The van der Waals surface area contributed by atoms with Gasteiger partial charge in [-0.15, -0.1) is 0 Å². The Morgan fingerprint density at radius 1 is 1.47 bits per heavy atom. The van der Waals surface area contributed by atoms with E-state index in [0.717, 1.165) is 10.0 Å². The highest BCUT2D eigenvalue weighted by molar-refractivity contribution is 9.10. The van der Waals surface area contributed by atoms with Crippen LogP contribution < -0.4 is 5.73 Å². The Balaban J connectivity index is 2.38. The zero-order chi connectivity index (χ0) is 12.4. The molecule has 4 nitrogen and oxygen atoms in total. The monoisotopic (exact) mass is 290 g/mol. The highest BCUT2D eigenvalue weighted by Gasteiger charge is 2.12. The molecule has 0 spiro atoms. The molecule has 0 fully saturated rings. The van der Waals surface area contributed by atoms with Gasteiger partial charge in [-0.1, -0.05) is 34.1 Å². The number of nitrogens with two attached hydrogens (primary N) is 1. The van der Waals surface area contributed by atoms with Gasteiger partial charge < -0.3 is 5.73 Å². The molecule has 0 saturated carbocycles. The van der Waals surface area contributed by atoms with Crippen molar-refractivity contribution >= 4 is 21.7 Å². The molecule has 2 rings (SSSR count). The number of aromatic nitrogens is 2. The molecule has 1 aromatic carbocycles. The fraction of sp³-hybridized carbons (Fsp3) is 0.167. The van der Waals surface area contributed by atoms with Gasteiger partial charge in [-0.2, -0.15) is 10.4 Å². The van der Waals surface area contributed by atoms with Crippen molar-refractivity contribution in [1.29, 1.82) is 5.26 Å². The molecule has 0 unspecified atom stereocenters. The highest BCUT2D eigenvalue weighted by atomic mass is 79.9. The average Bonchev–Trinajstić information content (AvgIpc) is 2.57. The summed E-state index contributed by atoms with van der Waals surface area (Å²) in [5.41, 5.74) is 8.07. The predicted octanol–water partition coefficient (Wildman–Crippen LogP) is 2.46. The van der Waals surface area contributed by atoms with Gasteiger partial charge in [-0.05, 0) is 18.6 Å². The zero-order valence-corrected chi connectivity index (χ0v) is 10.9. The van der Waals surface area contributed by atoms with Gasteiger partial charge in [-0.25, -0.2) is 4.68 Å². The molecule has 1 aromatic heterocycles. The molecule has 0 atom stereocenters. The second-order valence-electron chi connectivity index (χ2n) is 3.71. The first-order valence-electron chi connectivity index (χ1n) is 5.10. The summed E-state index contributed by atoms with van der Waals surface area (Å²) in [5, 5.41) is 13.2. The second-order valence-corrected chi connectivity index (χ2v) is 4.56. The molecule has 2 aromatic rings. The lowest BCUT2D eigenvalue weighted by atomic mass is 10.2. The Morgan fingerprint density at radius 3 is 2.76 bits per heavy atom. The van der Waals surface area contributed by atoms with Gasteiger partial charge in [0.15, 0.2) is 0 Å². The maximum atomic E-state index is 8.94. The molecule has 5 heteroatoms. The number of nitriles is 1. The summed E-state index contributed by atoms with van der Waals surface area (Å²) in [6.07, 6.45) is 0. The highest BCUT2D eigenvalue weighted by Crippen LogP contribution is 2.20. The topological polar surface area (TPSA) is 67.6 Å². The lowest BCUT2D eigenvalue weighted by molar-refractivity contribution is 0.687. The fourth-order valence-electron chi connectivity index (χ4n) is 1.65. The molecule has 1 heterocycles. The molecule has 0 radical (unpaired) electrons. The van der Waals surface area contributed by atoms with Crippen molar-refractivity contribution in [3.8, 4) is 6.07 Å². The Morgan fingerprint density at radius 2 is 2.18 bits per heavy atom. The smallest absolute Gasteiger partial charge is 0.140 e. The van der Waals surface area contributed by atoms with E-state index in [2.05, 4.69) is 27.1 Å². The Hall–Kier alpha value is -1.80. The van der Waals surface area contributed by atoms with E-state index in [0.29, 0.717) is 23.6 Å². The zero-order valence-electron chi connectivity index (χ0n) is 9.31. The Bertz CT molecular complexity index is 595. The van der Waals surface area contributed by atoms with Crippen LogP contribution in [0.3, 0.4) is 0 Å². The van der Waals surface area contributed by atoms with Crippen LogP contribution in [-0.4, -0.2) is 9.78 Å². The molecule has 0 aliphatic heterocycles. The number of nitrogen functional groups attached to an aromatic ring is 1. The third kappa shape index (κ3) is 2.17. The van der Waals surface area contributed by atoms with Crippen molar-refractivity contribution in [3.63, 3.8) is 0 Å². The van der Waals surface area contributed by atoms with Crippen molar-refractivity contribution in [2.24, 2.45) is 0 Å². The Kier molecular flexibility index (Phi) is 3.16. The second kappa shape index (κ2) is 4.60. The van der Waals surface area contributed by atoms with Gasteiger partial charge in [0.2, 0.25) is 0 Å². The van der Waals surface area contributed by atoms with Crippen LogP contribution in [0.15, 0.2) is 28.7 Å². The van der Waals surface area contributed by atoms with E-state index < -0.39 is 0 Å². The maximum absolute atomic E-state index is 8.94. The van der Waals surface area contributed by atoms with E-state index in [1.165, 1.54) is 0 Å². The van der Waals surface area contributed by atoms with Gasteiger partial charge >= 0.3 is 0 Å². The quantitative estimate of drug-likeness (QED) is 0.924. The van der Waals surface area contributed by atoms with E-state index in [9.17, 15) is 0 Å². The molecular formula is C12H11BrN4. The third-order valence-electron chi connectivity index (χ3n) is 2.56. The standard InChI is InChI=1S/C12H11BrN4/c1-8-10(6-14)12(15)17(16-8)7-9-4-2-3-5-11(9)13/h2-5H,7,15H2,1H3. The third-order valence-corrected chi connectivity index (χ3v) is 3.33. The van der Waals surface area contributed by atoms with Crippen LogP contribution in [0.2, 0.25) is 0 Å². The molecule has 2 N–H and O–H groups in total. The molecule has 0 amide bonds. The molecule has 0 saturated heterocycles.